The second-order valence-corrected chi connectivity index (χ2v) is 2.97. The Labute approximate surface area is 75.9 Å². The lowest BCUT2D eigenvalue weighted by Crippen LogP contribution is -2.20. The van der Waals surface area contributed by atoms with Gasteiger partial charge in [-0.3, -0.25) is 0 Å². The Morgan fingerprint density at radius 1 is 1.46 bits per heavy atom. The molecule has 0 aliphatic carbocycles. The third kappa shape index (κ3) is 2.52. The van der Waals surface area contributed by atoms with Crippen LogP contribution in [0.3, 0.4) is 0 Å². The van der Waals surface area contributed by atoms with Crippen LogP contribution in [0.25, 0.3) is 0 Å². The molecule has 0 aliphatic heterocycles. The maximum atomic E-state index is 13.2. The topological polar surface area (TPSA) is 25.2 Å². The number of nitrogens with one attached hydrogen (secondary N) is 1. The first-order valence-corrected chi connectivity index (χ1v) is 4.15. The average Bonchev–Trinajstić information content (AvgIpc) is 2.49. The lowest BCUT2D eigenvalue weighted by molar-refractivity contribution is -0.0337. The van der Waals surface area contributed by atoms with Gasteiger partial charge in [-0.05, 0) is 26.1 Å². The minimum atomic E-state index is -2.86. The van der Waals surface area contributed by atoms with Crippen LogP contribution in [0.1, 0.15) is 17.9 Å². The molecule has 13 heavy (non-hydrogen) atoms. The number of aryl methyl sites for hydroxylation is 1. The maximum Gasteiger partial charge on any atom is 0.305 e. The molecule has 0 saturated carbocycles. The molecule has 0 bridgehead atoms. The van der Waals surface area contributed by atoms with E-state index in [0.29, 0.717) is 5.76 Å². The Kier molecular flexibility index (Phi) is 3.03. The standard InChI is InChI=1S/C9H13F2NO/c1-7-3-4-8(13-7)9(10,11)5-6-12-2/h3-4,12H,5-6H2,1-2H3. The summed E-state index contributed by atoms with van der Waals surface area (Å²) in [6, 6.07) is 2.87. The summed E-state index contributed by atoms with van der Waals surface area (Å²) in [4.78, 5) is 0. The summed E-state index contributed by atoms with van der Waals surface area (Å²) in [6.07, 6.45) is -0.240. The first kappa shape index (κ1) is 10.2. The van der Waals surface area contributed by atoms with Crippen molar-refractivity contribution < 1.29 is 13.2 Å². The van der Waals surface area contributed by atoms with Crippen molar-refractivity contribution in [2.75, 3.05) is 13.6 Å². The number of furan rings is 1. The Hall–Kier alpha value is -0.900. The summed E-state index contributed by atoms with van der Waals surface area (Å²) in [7, 11) is 1.64. The molecule has 4 heteroatoms. The van der Waals surface area contributed by atoms with Gasteiger partial charge in [-0.15, -0.1) is 0 Å². The summed E-state index contributed by atoms with van der Waals surface area (Å²) in [6.45, 7) is 1.92. The second-order valence-electron chi connectivity index (χ2n) is 2.97. The van der Waals surface area contributed by atoms with Crippen molar-refractivity contribution in [3.05, 3.63) is 23.7 Å². The molecule has 0 spiro atoms. The van der Waals surface area contributed by atoms with Gasteiger partial charge in [-0.1, -0.05) is 0 Å². The second kappa shape index (κ2) is 3.87. The van der Waals surface area contributed by atoms with Crippen molar-refractivity contribution in [3.63, 3.8) is 0 Å². The molecule has 1 N–H and O–H groups in total. The molecule has 0 saturated heterocycles. The SMILES string of the molecule is CNCCC(F)(F)c1ccc(C)o1. The number of alkyl halides is 2. The number of hydrogen-bond acceptors (Lipinski definition) is 2. The van der Waals surface area contributed by atoms with Gasteiger partial charge in [-0.25, -0.2) is 0 Å². The quantitative estimate of drug-likeness (QED) is 0.786. The summed E-state index contributed by atoms with van der Waals surface area (Å²) >= 11 is 0. The highest BCUT2D eigenvalue weighted by atomic mass is 19.3. The minimum Gasteiger partial charge on any atom is -0.460 e. The van der Waals surface area contributed by atoms with E-state index >= 15 is 0 Å². The van der Waals surface area contributed by atoms with Crippen LogP contribution in [0.15, 0.2) is 16.5 Å². The summed E-state index contributed by atoms with van der Waals surface area (Å²) in [5, 5.41) is 2.68. The fourth-order valence-electron chi connectivity index (χ4n) is 1.04. The van der Waals surface area contributed by atoms with Gasteiger partial charge < -0.3 is 9.73 Å². The number of halogens is 2. The van der Waals surface area contributed by atoms with Crippen LogP contribution >= 0.6 is 0 Å². The van der Waals surface area contributed by atoms with Crippen molar-refractivity contribution in [2.24, 2.45) is 0 Å². The Morgan fingerprint density at radius 3 is 2.62 bits per heavy atom. The highest BCUT2D eigenvalue weighted by Crippen LogP contribution is 2.32. The molecule has 0 unspecified atom stereocenters. The highest BCUT2D eigenvalue weighted by molar-refractivity contribution is 5.10. The zero-order valence-corrected chi connectivity index (χ0v) is 7.73. The van der Waals surface area contributed by atoms with Crippen molar-refractivity contribution in [1.29, 1.82) is 0 Å². The van der Waals surface area contributed by atoms with Crippen LogP contribution in [-0.4, -0.2) is 13.6 Å². The predicted octanol–water partition coefficient (Wildman–Crippen LogP) is 2.29. The lowest BCUT2D eigenvalue weighted by atomic mass is 10.2. The highest BCUT2D eigenvalue weighted by Gasteiger charge is 2.34. The summed E-state index contributed by atoms with van der Waals surface area (Å²) in [5.41, 5.74) is 0. The lowest BCUT2D eigenvalue weighted by Gasteiger charge is -2.12. The molecular formula is C9H13F2NO. The molecule has 1 rings (SSSR count). The Bertz CT molecular complexity index is 270. The molecule has 2 nitrogen and oxygen atoms in total. The normalized spacial score (nSPS) is 12.0. The summed E-state index contributed by atoms with van der Waals surface area (Å²) < 4.78 is 31.3. The molecule has 74 valence electrons. The maximum absolute atomic E-state index is 13.2. The van der Waals surface area contributed by atoms with Crippen LogP contribution in [0.4, 0.5) is 8.78 Å². The van der Waals surface area contributed by atoms with E-state index in [1.807, 2.05) is 0 Å². The molecule has 1 aromatic heterocycles. The van der Waals surface area contributed by atoms with Crippen LogP contribution in [0, 0.1) is 6.92 Å². The van der Waals surface area contributed by atoms with Gasteiger partial charge in [0.1, 0.15) is 5.76 Å². The van der Waals surface area contributed by atoms with Gasteiger partial charge in [0, 0.05) is 13.0 Å². The third-order valence-corrected chi connectivity index (χ3v) is 1.79. The molecular weight excluding hydrogens is 176 g/mol. The zero-order valence-electron chi connectivity index (χ0n) is 7.73. The van der Waals surface area contributed by atoms with E-state index in [1.54, 1.807) is 20.0 Å². The van der Waals surface area contributed by atoms with Gasteiger partial charge >= 0.3 is 5.92 Å². The number of rotatable bonds is 4. The van der Waals surface area contributed by atoms with Crippen LogP contribution in [0.5, 0.6) is 0 Å². The monoisotopic (exact) mass is 189 g/mol. The first-order chi connectivity index (χ1) is 6.06. The molecule has 0 aliphatic rings. The molecule has 1 aromatic rings. The Balaban J connectivity index is 2.68. The summed E-state index contributed by atoms with van der Waals surface area (Å²) in [5.74, 6) is -2.60. The fraction of sp³-hybridized carbons (Fsp3) is 0.556. The third-order valence-electron chi connectivity index (χ3n) is 1.79. The van der Waals surface area contributed by atoms with Gasteiger partial charge in [0.05, 0.1) is 0 Å². The Morgan fingerprint density at radius 2 is 2.15 bits per heavy atom. The van der Waals surface area contributed by atoms with E-state index in [9.17, 15) is 8.78 Å². The van der Waals surface area contributed by atoms with Crippen molar-refractivity contribution in [3.8, 4) is 0 Å². The first-order valence-electron chi connectivity index (χ1n) is 4.15. The average molecular weight is 189 g/mol. The van der Waals surface area contributed by atoms with E-state index in [2.05, 4.69) is 5.32 Å². The smallest absolute Gasteiger partial charge is 0.305 e. The zero-order chi connectivity index (χ0) is 9.90. The van der Waals surface area contributed by atoms with Crippen molar-refractivity contribution >= 4 is 0 Å². The minimum absolute atomic E-state index is 0.240. The van der Waals surface area contributed by atoms with Gasteiger partial charge in [-0.2, -0.15) is 8.78 Å². The van der Waals surface area contributed by atoms with Gasteiger partial charge in [0.25, 0.3) is 0 Å². The van der Waals surface area contributed by atoms with Crippen LogP contribution in [0.2, 0.25) is 0 Å². The molecule has 1 heterocycles. The molecule has 0 atom stereocenters. The molecule has 0 amide bonds. The van der Waals surface area contributed by atoms with Crippen molar-refractivity contribution in [1.82, 2.24) is 5.32 Å². The van der Waals surface area contributed by atoms with Gasteiger partial charge in [0.15, 0.2) is 5.76 Å². The molecule has 0 aromatic carbocycles. The largest absolute Gasteiger partial charge is 0.460 e. The van der Waals surface area contributed by atoms with E-state index < -0.39 is 5.92 Å². The molecule has 0 radical (unpaired) electrons. The van der Waals surface area contributed by atoms with E-state index in [0.717, 1.165) is 0 Å². The van der Waals surface area contributed by atoms with Crippen LogP contribution < -0.4 is 5.32 Å². The van der Waals surface area contributed by atoms with E-state index in [-0.39, 0.29) is 18.7 Å². The number of hydrogen-bond donors (Lipinski definition) is 1. The van der Waals surface area contributed by atoms with Crippen LogP contribution in [-0.2, 0) is 5.92 Å². The molecule has 0 fully saturated rings. The van der Waals surface area contributed by atoms with Crippen molar-refractivity contribution in [2.45, 2.75) is 19.3 Å². The fourth-order valence-corrected chi connectivity index (χ4v) is 1.04. The van der Waals surface area contributed by atoms with E-state index in [1.165, 1.54) is 6.07 Å². The van der Waals surface area contributed by atoms with E-state index in [4.69, 9.17) is 4.42 Å². The van der Waals surface area contributed by atoms with Gasteiger partial charge in [0.2, 0.25) is 0 Å². The predicted molar refractivity (Wildman–Crippen MR) is 45.9 cm³/mol.